The number of nitrogens with zero attached hydrogens (tertiary/aromatic N) is 2. The predicted octanol–water partition coefficient (Wildman–Crippen LogP) is 4.92. The van der Waals surface area contributed by atoms with Gasteiger partial charge in [0.2, 0.25) is 0 Å². The number of rotatable bonds is 5. The standard InChI is InChI=1S/C25H21BrClIN2O5S/c1-11(2)35-24(33)20-12(3)29-25-30(21(20)16-10-15(27)5-6-18(16)34-4)23(32)19(36-25)8-13-7-14(26)9-17(28)22(13)31/h5-11,21,31H,1-4H3/b19-8-/t21-/m1/s1. The Labute approximate surface area is 238 Å². The van der Waals surface area contributed by atoms with E-state index in [2.05, 4.69) is 20.9 Å². The van der Waals surface area contributed by atoms with Crippen molar-refractivity contribution in [2.75, 3.05) is 7.11 Å². The molecule has 0 saturated carbocycles. The van der Waals surface area contributed by atoms with Gasteiger partial charge in [0.1, 0.15) is 17.5 Å². The van der Waals surface area contributed by atoms with E-state index in [9.17, 15) is 14.7 Å². The summed E-state index contributed by atoms with van der Waals surface area (Å²) in [6, 6.07) is 7.66. The number of phenols is 1. The Hall–Kier alpha value is -2.15. The van der Waals surface area contributed by atoms with Gasteiger partial charge in [-0.15, -0.1) is 0 Å². The van der Waals surface area contributed by atoms with Gasteiger partial charge in [-0.05, 0) is 79.8 Å². The first-order valence-electron chi connectivity index (χ1n) is 10.8. The molecule has 11 heteroatoms. The predicted molar refractivity (Wildman–Crippen MR) is 152 cm³/mol. The minimum Gasteiger partial charge on any atom is -0.506 e. The number of aromatic hydroxyl groups is 1. The maximum atomic E-state index is 13.8. The van der Waals surface area contributed by atoms with Crippen LogP contribution in [-0.2, 0) is 9.53 Å². The number of fused-ring (bicyclic) bond motifs is 1. The minimum absolute atomic E-state index is 0.0649. The van der Waals surface area contributed by atoms with E-state index in [-0.39, 0.29) is 23.0 Å². The van der Waals surface area contributed by atoms with Gasteiger partial charge in [0.25, 0.3) is 5.56 Å². The highest BCUT2D eigenvalue weighted by molar-refractivity contribution is 14.1. The lowest BCUT2D eigenvalue weighted by atomic mass is 9.95. The molecular formula is C25H21BrClIN2O5S. The molecule has 188 valence electrons. The topological polar surface area (TPSA) is 90.1 Å². The molecule has 1 atom stereocenters. The lowest BCUT2D eigenvalue weighted by molar-refractivity contribution is -0.143. The third-order valence-corrected chi connectivity index (χ3v) is 7.91. The lowest BCUT2D eigenvalue weighted by Gasteiger charge is -2.26. The Kier molecular flexibility index (Phi) is 7.98. The van der Waals surface area contributed by atoms with E-state index >= 15 is 0 Å². The summed E-state index contributed by atoms with van der Waals surface area (Å²) in [6.07, 6.45) is 1.25. The van der Waals surface area contributed by atoms with E-state index in [0.29, 0.717) is 40.5 Å². The molecule has 0 bridgehead atoms. The van der Waals surface area contributed by atoms with E-state index in [0.717, 1.165) is 15.8 Å². The van der Waals surface area contributed by atoms with Crippen LogP contribution in [0.3, 0.4) is 0 Å². The molecule has 0 amide bonds. The van der Waals surface area contributed by atoms with Crippen molar-refractivity contribution in [1.82, 2.24) is 4.57 Å². The second-order valence-electron chi connectivity index (χ2n) is 8.25. The molecule has 2 heterocycles. The summed E-state index contributed by atoms with van der Waals surface area (Å²) >= 11 is 13.0. The number of thiazole rings is 1. The molecule has 3 aromatic rings. The van der Waals surface area contributed by atoms with E-state index in [1.807, 2.05) is 22.6 Å². The van der Waals surface area contributed by atoms with Gasteiger partial charge < -0.3 is 14.6 Å². The number of halogens is 3. The van der Waals surface area contributed by atoms with Crippen molar-refractivity contribution in [3.05, 3.63) is 85.5 Å². The number of hydrogen-bond donors (Lipinski definition) is 1. The fourth-order valence-electron chi connectivity index (χ4n) is 3.91. The highest BCUT2D eigenvalue weighted by Crippen LogP contribution is 2.37. The number of carbonyl (C=O) groups is 1. The average Bonchev–Trinajstić information content (AvgIpc) is 3.10. The maximum absolute atomic E-state index is 13.8. The minimum atomic E-state index is -0.875. The zero-order chi connectivity index (χ0) is 26.3. The van der Waals surface area contributed by atoms with Gasteiger partial charge in [-0.1, -0.05) is 38.9 Å². The molecule has 0 unspecified atom stereocenters. The van der Waals surface area contributed by atoms with Crippen LogP contribution in [0.4, 0.5) is 0 Å². The van der Waals surface area contributed by atoms with Crippen LogP contribution < -0.4 is 19.6 Å². The third-order valence-electron chi connectivity index (χ3n) is 5.41. The van der Waals surface area contributed by atoms with Gasteiger partial charge in [-0.2, -0.15) is 0 Å². The molecule has 2 aromatic carbocycles. The molecule has 1 aromatic heterocycles. The molecule has 0 spiro atoms. The quantitative estimate of drug-likeness (QED) is 0.301. The maximum Gasteiger partial charge on any atom is 0.338 e. The summed E-state index contributed by atoms with van der Waals surface area (Å²) in [6.45, 7) is 5.22. The summed E-state index contributed by atoms with van der Waals surface area (Å²) < 4.78 is 14.3. The first kappa shape index (κ1) is 26.9. The van der Waals surface area contributed by atoms with Crippen molar-refractivity contribution >= 4 is 73.5 Å². The summed E-state index contributed by atoms with van der Waals surface area (Å²) in [4.78, 5) is 32.0. The molecule has 0 saturated heterocycles. The SMILES string of the molecule is COc1ccc(Cl)cc1[C@@H]1C(C(=O)OC(C)C)=C(C)N=c2s/c(=C\c3cc(Br)cc(I)c3O)c(=O)n21. The third kappa shape index (κ3) is 5.13. The highest BCUT2D eigenvalue weighted by Gasteiger charge is 2.35. The van der Waals surface area contributed by atoms with Gasteiger partial charge in [-0.25, -0.2) is 9.79 Å². The summed E-state index contributed by atoms with van der Waals surface area (Å²) in [5.74, 6) is -0.0514. The number of methoxy groups -OCH3 is 1. The summed E-state index contributed by atoms with van der Waals surface area (Å²) in [5, 5.41) is 11.0. The Morgan fingerprint density at radius 2 is 2.06 bits per heavy atom. The lowest BCUT2D eigenvalue weighted by Crippen LogP contribution is -2.40. The first-order valence-corrected chi connectivity index (χ1v) is 13.8. The number of allylic oxidation sites excluding steroid dienone is 1. The number of hydrogen-bond acceptors (Lipinski definition) is 7. The van der Waals surface area contributed by atoms with Crippen LogP contribution in [0, 0.1) is 3.57 Å². The molecule has 0 radical (unpaired) electrons. The molecule has 4 rings (SSSR count). The fourth-order valence-corrected chi connectivity index (χ4v) is 6.68. The molecule has 0 fully saturated rings. The van der Waals surface area contributed by atoms with E-state index < -0.39 is 12.0 Å². The fraction of sp³-hybridized carbons (Fsp3) is 0.240. The second kappa shape index (κ2) is 10.7. The van der Waals surface area contributed by atoms with Crippen LogP contribution in [0.1, 0.15) is 37.9 Å². The first-order chi connectivity index (χ1) is 17.0. The normalized spacial score (nSPS) is 15.7. The monoisotopic (exact) mass is 702 g/mol. The summed E-state index contributed by atoms with van der Waals surface area (Å²) in [5.41, 5.74) is 1.29. The van der Waals surface area contributed by atoms with Crippen molar-refractivity contribution in [2.24, 2.45) is 4.99 Å². The second-order valence-corrected chi connectivity index (χ2v) is 11.8. The van der Waals surface area contributed by atoms with Crippen LogP contribution in [0.15, 0.2) is 55.9 Å². The van der Waals surface area contributed by atoms with Crippen LogP contribution in [-0.4, -0.2) is 28.9 Å². The Balaban J connectivity index is 2.03. The van der Waals surface area contributed by atoms with Gasteiger partial charge in [0, 0.05) is 20.6 Å². The van der Waals surface area contributed by atoms with E-state index in [1.165, 1.54) is 11.7 Å². The molecular weight excluding hydrogens is 683 g/mol. The molecule has 7 nitrogen and oxygen atoms in total. The van der Waals surface area contributed by atoms with Crippen molar-refractivity contribution in [2.45, 2.75) is 32.9 Å². The molecule has 0 aliphatic carbocycles. The van der Waals surface area contributed by atoms with Crippen molar-refractivity contribution < 1.29 is 19.4 Å². The van der Waals surface area contributed by atoms with E-state index in [4.69, 9.17) is 21.1 Å². The molecule has 1 aliphatic heterocycles. The smallest absolute Gasteiger partial charge is 0.338 e. The van der Waals surface area contributed by atoms with Gasteiger partial charge in [0.05, 0.1) is 32.6 Å². The van der Waals surface area contributed by atoms with Crippen LogP contribution in [0.25, 0.3) is 6.08 Å². The largest absolute Gasteiger partial charge is 0.506 e. The van der Waals surface area contributed by atoms with Crippen LogP contribution >= 0.6 is 61.5 Å². The zero-order valence-electron chi connectivity index (χ0n) is 19.6. The molecule has 36 heavy (non-hydrogen) atoms. The van der Waals surface area contributed by atoms with Crippen molar-refractivity contribution in [1.29, 1.82) is 0 Å². The molecule has 1 aliphatic rings. The van der Waals surface area contributed by atoms with Crippen LogP contribution in [0.5, 0.6) is 11.5 Å². The number of carbonyl (C=O) groups excluding carboxylic acids is 1. The summed E-state index contributed by atoms with van der Waals surface area (Å²) in [7, 11) is 1.51. The van der Waals surface area contributed by atoms with Crippen LogP contribution in [0.2, 0.25) is 5.02 Å². The number of phenolic OH excluding ortho intramolecular Hbond substituents is 1. The highest BCUT2D eigenvalue weighted by atomic mass is 127. The average molecular weight is 704 g/mol. The van der Waals surface area contributed by atoms with Gasteiger partial charge in [0.15, 0.2) is 4.80 Å². The zero-order valence-corrected chi connectivity index (χ0v) is 25.0. The number of aromatic nitrogens is 1. The Morgan fingerprint density at radius 1 is 1.33 bits per heavy atom. The van der Waals surface area contributed by atoms with Crippen molar-refractivity contribution in [3.63, 3.8) is 0 Å². The van der Waals surface area contributed by atoms with Gasteiger partial charge >= 0.3 is 5.97 Å². The number of ether oxygens (including phenoxy) is 2. The van der Waals surface area contributed by atoms with Crippen molar-refractivity contribution in [3.8, 4) is 11.5 Å². The Morgan fingerprint density at radius 3 is 2.72 bits per heavy atom. The Bertz CT molecular complexity index is 1590. The number of benzene rings is 2. The van der Waals surface area contributed by atoms with Gasteiger partial charge in [-0.3, -0.25) is 9.36 Å². The number of esters is 1. The molecule has 1 N–H and O–H groups in total. The van der Waals surface area contributed by atoms with E-state index in [1.54, 1.807) is 57.2 Å².